The van der Waals surface area contributed by atoms with E-state index in [0.717, 1.165) is 0 Å². The van der Waals surface area contributed by atoms with Gasteiger partial charge in [0.1, 0.15) is 0 Å². The van der Waals surface area contributed by atoms with Crippen LogP contribution in [0.2, 0.25) is 0 Å². The molecule has 2 aromatic rings. The van der Waals surface area contributed by atoms with Crippen LogP contribution in [0, 0.1) is 13.8 Å². The summed E-state index contributed by atoms with van der Waals surface area (Å²) < 4.78 is 0. The fourth-order valence-corrected chi connectivity index (χ4v) is 2.96. The van der Waals surface area contributed by atoms with Crippen LogP contribution in [-0.4, -0.2) is 0 Å². The molecule has 84 valence electrons. The minimum atomic E-state index is -0.383. The highest BCUT2D eigenvalue weighted by molar-refractivity contribution is 7.10. The van der Waals surface area contributed by atoms with Gasteiger partial charge in [-0.3, -0.25) is 0 Å². The molecular formula is C14H17NS. The lowest BCUT2D eigenvalue weighted by Gasteiger charge is -2.25. The summed E-state index contributed by atoms with van der Waals surface area (Å²) >= 11 is 1.73. The standard InChI is InChI=1S/C14H17NS/c1-10-4-6-12(7-5-10)14(3,15)13-11(2)8-9-16-13/h4-9H,15H2,1-3H3. The van der Waals surface area contributed by atoms with Gasteiger partial charge in [-0.15, -0.1) is 11.3 Å². The normalized spacial score (nSPS) is 14.8. The van der Waals surface area contributed by atoms with Gasteiger partial charge in [-0.05, 0) is 43.3 Å². The molecule has 0 aliphatic heterocycles. The smallest absolute Gasteiger partial charge is 0.0733 e. The van der Waals surface area contributed by atoms with Crippen LogP contribution in [-0.2, 0) is 5.54 Å². The Balaban J connectivity index is 2.46. The molecule has 0 saturated heterocycles. The summed E-state index contributed by atoms with van der Waals surface area (Å²) in [4.78, 5) is 1.25. The lowest BCUT2D eigenvalue weighted by atomic mass is 9.89. The average Bonchev–Trinajstić information content (AvgIpc) is 2.66. The van der Waals surface area contributed by atoms with Gasteiger partial charge in [0.25, 0.3) is 0 Å². The van der Waals surface area contributed by atoms with E-state index in [0.29, 0.717) is 0 Å². The summed E-state index contributed by atoms with van der Waals surface area (Å²) in [6.07, 6.45) is 0. The Labute approximate surface area is 101 Å². The highest BCUT2D eigenvalue weighted by Gasteiger charge is 2.26. The molecule has 2 heteroatoms. The first-order chi connectivity index (χ1) is 7.51. The summed E-state index contributed by atoms with van der Waals surface area (Å²) in [5, 5.41) is 2.10. The number of rotatable bonds is 2. The summed E-state index contributed by atoms with van der Waals surface area (Å²) in [5.41, 5.74) is 9.79. The van der Waals surface area contributed by atoms with Gasteiger partial charge in [0.2, 0.25) is 0 Å². The molecule has 2 N–H and O–H groups in total. The zero-order valence-corrected chi connectivity index (χ0v) is 10.8. The Hall–Kier alpha value is -1.12. The minimum absolute atomic E-state index is 0.383. The number of nitrogens with two attached hydrogens (primary N) is 1. The summed E-state index contributed by atoms with van der Waals surface area (Å²) in [5.74, 6) is 0. The van der Waals surface area contributed by atoms with E-state index in [1.54, 1.807) is 11.3 Å². The van der Waals surface area contributed by atoms with Gasteiger partial charge in [0.05, 0.1) is 5.54 Å². The fourth-order valence-electron chi connectivity index (χ4n) is 1.94. The van der Waals surface area contributed by atoms with Gasteiger partial charge < -0.3 is 5.73 Å². The Bertz CT molecular complexity index is 480. The first kappa shape index (κ1) is 11.4. The van der Waals surface area contributed by atoms with Gasteiger partial charge in [0, 0.05) is 4.88 Å². The van der Waals surface area contributed by atoms with E-state index in [2.05, 4.69) is 56.5 Å². The highest BCUT2D eigenvalue weighted by atomic mass is 32.1. The van der Waals surface area contributed by atoms with E-state index in [1.807, 2.05) is 0 Å². The molecular weight excluding hydrogens is 214 g/mol. The Morgan fingerprint density at radius 2 is 1.69 bits per heavy atom. The number of benzene rings is 1. The van der Waals surface area contributed by atoms with E-state index >= 15 is 0 Å². The lowest BCUT2D eigenvalue weighted by molar-refractivity contribution is 0.613. The van der Waals surface area contributed by atoms with Crippen LogP contribution in [0.5, 0.6) is 0 Å². The Morgan fingerprint density at radius 3 is 2.19 bits per heavy atom. The zero-order valence-electron chi connectivity index (χ0n) is 9.95. The monoisotopic (exact) mass is 231 g/mol. The second kappa shape index (κ2) is 4.04. The van der Waals surface area contributed by atoms with Crippen molar-refractivity contribution in [2.75, 3.05) is 0 Å². The number of hydrogen-bond acceptors (Lipinski definition) is 2. The van der Waals surface area contributed by atoms with Gasteiger partial charge in [-0.25, -0.2) is 0 Å². The quantitative estimate of drug-likeness (QED) is 0.840. The molecule has 0 fully saturated rings. The molecule has 0 bridgehead atoms. The van der Waals surface area contributed by atoms with Crippen LogP contribution in [0.15, 0.2) is 35.7 Å². The lowest BCUT2D eigenvalue weighted by Crippen LogP contribution is -2.33. The van der Waals surface area contributed by atoms with Gasteiger partial charge in [0.15, 0.2) is 0 Å². The molecule has 1 nitrogen and oxygen atoms in total. The maximum Gasteiger partial charge on any atom is 0.0733 e. The topological polar surface area (TPSA) is 26.0 Å². The average molecular weight is 231 g/mol. The van der Waals surface area contributed by atoms with Gasteiger partial charge in [-0.1, -0.05) is 29.8 Å². The number of hydrogen-bond donors (Lipinski definition) is 1. The van der Waals surface area contributed by atoms with Gasteiger partial charge >= 0.3 is 0 Å². The van der Waals surface area contributed by atoms with Crippen molar-refractivity contribution in [2.45, 2.75) is 26.3 Å². The number of aryl methyl sites for hydroxylation is 2. The SMILES string of the molecule is Cc1ccc(C(C)(N)c2sccc2C)cc1. The molecule has 1 heterocycles. The second-order valence-electron chi connectivity index (χ2n) is 4.50. The van der Waals surface area contributed by atoms with Crippen molar-refractivity contribution in [2.24, 2.45) is 5.73 Å². The first-order valence-corrected chi connectivity index (χ1v) is 6.30. The molecule has 0 saturated carbocycles. The molecule has 1 unspecified atom stereocenters. The third kappa shape index (κ3) is 1.91. The largest absolute Gasteiger partial charge is 0.317 e. The van der Waals surface area contributed by atoms with Crippen LogP contribution in [0.25, 0.3) is 0 Å². The van der Waals surface area contributed by atoms with E-state index in [4.69, 9.17) is 5.73 Å². The van der Waals surface area contributed by atoms with Crippen molar-refractivity contribution in [3.8, 4) is 0 Å². The van der Waals surface area contributed by atoms with E-state index in [1.165, 1.54) is 21.6 Å². The third-order valence-corrected chi connectivity index (χ3v) is 4.24. The van der Waals surface area contributed by atoms with Crippen LogP contribution in [0.4, 0.5) is 0 Å². The first-order valence-electron chi connectivity index (χ1n) is 5.42. The van der Waals surface area contributed by atoms with E-state index in [9.17, 15) is 0 Å². The van der Waals surface area contributed by atoms with E-state index in [-0.39, 0.29) is 5.54 Å². The zero-order chi connectivity index (χ0) is 11.8. The maximum atomic E-state index is 6.47. The summed E-state index contributed by atoms with van der Waals surface area (Å²) in [6, 6.07) is 10.6. The van der Waals surface area contributed by atoms with Crippen molar-refractivity contribution in [3.63, 3.8) is 0 Å². The molecule has 1 aromatic carbocycles. The predicted molar refractivity (Wildman–Crippen MR) is 70.9 cm³/mol. The molecule has 0 aliphatic rings. The molecule has 0 radical (unpaired) electrons. The predicted octanol–water partition coefficient (Wildman–Crippen LogP) is 3.59. The molecule has 2 rings (SSSR count). The molecule has 0 aliphatic carbocycles. The molecule has 0 amide bonds. The summed E-state index contributed by atoms with van der Waals surface area (Å²) in [6.45, 7) is 6.29. The second-order valence-corrected chi connectivity index (χ2v) is 5.42. The number of thiophene rings is 1. The Kier molecular flexibility index (Phi) is 2.87. The fraction of sp³-hybridized carbons (Fsp3) is 0.286. The van der Waals surface area contributed by atoms with Gasteiger partial charge in [-0.2, -0.15) is 0 Å². The minimum Gasteiger partial charge on any atom is -0.317 e. The van der Waals surface area contributed by atoms with Crippen molar-refractivity contribution >= 4 is 11.3 Å². The molecule has 0 spiro atoms. The maximum absolute atomic E-state index is 6.47. The third-order valence-electron chi connectivity index (χ3n) is 2.99. The highest BCUT2D eigenvalue weighted by Crippen LogP contribution is 2.32. The van der Waals surface area contributed by atoms with E-state index < -0.39 is 0 Å². The Morgan fingerprint density at radius 1 is 1.06 bits per heavy atom. The molecule has 1 aromatic heterocycles. The van der Waals surface area contributed by atoms with Crippen molar-refractivity contribution in [1.82, 2.24) is 0 Å². The van der Waals surface area contributed by atoms with Crippen molar-refractivity contribution < 1.29 is 0 Å². The summed E-state index contributed by atoms with van der Waals surface area (Å²) in [7, 11) is 0. The van der Waals surface area contributed by atoms with Crippen molar-refractivity contribution in [1.29, 1.82) is 0 Å². The molecule has 1 atom stereocenters. The van der Waals surface area contributed by atoms with Crippen LogP contribution >= 0.6 is 11.3 Å². The van der Waals surface area contributed by atoms with Crippen LogP contribution < -0.4 is 5.73 Å². The van der Waals surface area contributed by atoms with Crippen molar-refractivity contribution in [3.05, 3.63) is 57.3 Å². The van der Waals surface area contributed by atoms with Crippen LogP contribution in [0.3, 0.4) is 0 Å². The molecule has 16 heavy (non-hydrogen) atoms. The van der Waals surface area contributed by atoms with Crippen LogP contribution in [0.1, 0.15) is 28.5 Å².